The number of aromatic nitrogens is 2. The van der Waals surface area contributed by atoms with Gasteiger partial charge < -0.3 is 10.2 Å². The maximum absolute atomic E-state index is 12.9. The smallest absolute Gasteiger partial charge is 0.322 e. The van der Waals surface area contributed by atoms with Crippen molar-refractivity contribution in [2.45, 2.75) is 64.5 Å². The van der Waals surface area contributed by atoms with Gasteiger partial charge in [0, 0.05) is 31.7 Å². The molecular weight excluding hydrogens is 418 g/mol. The van der Waals surface area contributed by atoms with Gasteiger partial charge in [0.05, 0.1) is 5.69 Å². The number of hydrogen-bond acceptors (Lipinski definition) is 4. The zero-order chi connectivity index (χ0) is 23.4. The Balaban J connectivity index is 1.34. The number of aryl methyl sites for hydroxylation is 4. The van der Waals surface area contributed by atoms with Gasteiger partial charge in [0.2, 0.25) is 5.91 Å². The highest BCUT2D eigenvalue weighted by Crippen LogP contribution is 2.35. The van der Waals surface area contributed by atoms with E-state index in [-0.39, 0.29) is 17.7 Å². The van der Waals surface area contributed by atoms with Crippen LogP contribution < -0.4 is 10.6 Å². The van der Waals surface area contributed by atoms with E-state index in [1.54, 1.807) is 0 Å². The summed E-state index contributed by atoms with van der Waals surface area (Å²) in [5, 5.41) is 9.84. The molecule has 2 aliphatic rings. The first-order chi connectivity index (χ1) is 15.9. The van der Waals surface area contributed by atoms with E-state index >= 15 is 0 Å². The van der Waals surface area contributed by atoms with Crippen LogP contribution in [0.3, 0.4) is 0 Å². The van der Waals surface area contributed by atoms with Gasteiger partial charge in [-0.25, -0.2) is 4.79 Å². The van der Waals surface area contributed by atoms with Crippen LogP contribution in [0.1, 0.15) is 49.1 Å². The average molecular weight is 452 g/mol. The summed E-state index contributed by atoms with van der Waals surface area (Å²) >= 11 is 0. The molecule has 4 rings (SSSR count). The summed E-state index contributed by atoms with van der Waals surface area (Å²) in [5.41, 5.74) is 2.35. The van der Waals surface area contributed by atoms with Gasteiger partial charge in [0.1, 0.15) is 5.54 Å². The van der Waals surface area contributed by atoms with Gasteiger partial charge in [-0.3, -0.25) is 19.6 Å². The van der Waals surface area contributed by atoms with E-state index in [1.165, 1.54) is 5.56 Å². The van der Waals surface area contributed by atoms with Gasteiger partial charge in [-0.05, 0) is 63.5 Å². The van der Waals surface area contributed by atoms with Crippen LogP contribution in [0.25, 0.3) is 0 Å². The van der Waals surface area contributed by atoms with Crippen molar-refractivity contribution in [3.8, 4) is 0 Å². The second kappa shape index (κ2) is 9.77. The summed E-state index contributed by atoms with van der Waals surface area (Å²) in [4.78, 5) is 39.6. The first-order valence-electron chi connectivity index (χ1n) is 11.8. The molecule has 8 heteroatoms. The monoisotopic (exact) mass is 451 g/mol. The van der Waals surface area contributed by atoms with Crippen molar-refractivity contribution in [2.24, 2.45) is 5.92 Å². The minimum absolute atomic E-state index is 0.0137. The molecule has 1 atom stereocenters. The molecule has 2 N–H and O–H groups in total. The molecular formula is C25H33N5O3. The number of benzene rings is 1. The van der Waals surface area contributed by atoms with Crippen molar-refractivity contribution in [1.29, 1.82) is 0 Å². The molecule has 0 aliphatic carbocycles. The zero-order valence-electron chi connectivity index (χ0n) is 19.5. The van der Waals surface area contributed by atoms with E-state index in [0.29, 0.717) is 45.3 Å². The van der Waals surface area contributed by atoms with Gasteiger partial charge in [-0.2, -0.15) is 5.10 Å². The molecule has 0 spiro atoms. The number of nitrogens with one attached hydrogen (secondary N) is 2. The first-order valence-corrected chi connectivity index (χ1v) is 11.8. The number of hydrogen-bond donors (Lipinski definition) is 2. The summed E-state index contributed by atoms with van der Waals surface area (Å²) in [6, 6.07) is 11.8. The lowest BCUT2D eigenvalue weighted by Gasteiger charge is -2.40. The maximum Gasteiger partial charge on any atom is 0.322 e. The quantitative estimate of drug-likeness (QED) is 0.603. The standard InChI is InChI=1S/C25H33N5O3/c1-18-17-19(2)30(28-18)16-12-22(31)29-14-10-21(11-15-29)25(23(32)26-24(33)27-25)13-6-9-20-7-4-3-5-8-20/h3-5,7-8,17,21H,6,9-16H2,1-2H3,(H2,26,27,32,33). The van der Waals surface area contributed by atoms with E-state index in [1.807, 2.05) is 47.7 Å². The molecule has 2 aromatic rings. The highest BCUT2D eigenvalue weighted by Gasteiger charge is 2.51. The van der Waals surface area contributed by atoms with Crippen LogP contribution in [0.2, 0.25) is 0 Å². The van der Waals surface area contributed by atoms with Gasteiger partial charge in [0.15, 0.2) is 0 Å². The van der Waals surface area contributed by atoms with Crippen molar-refractivity contribution in [3.63, 3.8) is 0 Å². The molecule has 176 valence electrons. The van der Waals surface area contributed by atoms with E-state index in [4.69, 9.17) is 0 Å². The molecule has 2 saturated heterocycles. The second-order valence-corrected chi connectivity index (χ2v) is 9.27. The number of piperidine rings is 1. The van der Waals surface area contributed by atoms with Crippen LogP contribution in [0.15, 0.2) is 36.4 Å². The Labute approximate surface area is 194 Å². The van der Waals surface area contributed by atoms with E-state index in [2.05, 4.69) is 27.9 Å². The van der Waals surface area contributed by atoms with Gasteiger partial charge in [-0.15, -0.1) is 0 Å². The Kier molecular flexibility index (Phi) is 6.81. The summed E-state index contributed by atoms with van der Waals surface area (Å²) in [6.45, 7) is 5.71. The molecule has 0 saturated carbocycles. The van der Waals surface area contributed by atoms with Crippen LogP contribution in [0.5, 0.6) is 0 Å². The first kappa shape index (κ1) is 23.0. The third-order valence-corrected chi connectivity index (χ3v) is 7.03. The Morgan fingerprint density at radius 3 is 2.48 bits per heavy atom. The number of nitrogens with zero attached hydrogens (tertiary/aromatic N) is 3. The fourth-order valence-corrected chi connectivity index (χ4v) is 5.27. The number of urea groups is 1. The van der Waals surface area contributed by atoms with Crippen molar-refractivity contribution in [2.75, 3.05) is 13.1 Å². The van der Waals surface area contributed by atoms with E-state index in [9.17, 15) is 14.4 Å². The highest BCUT2D eigenvalue weighted by atomic mass is 16.2. The van der Waals surface area contributed by atoms with Crippen molar-refractivity contribution < 1.29 is 14.4 Å². The third-order valence-electron chi connectivity index (χ3n) is 7.03. The number of likely N-dealkylation sites (tertiary alicyclic amines) is 1. The molecule has 33 heavy (non-hydrogen) atoms. The predicted octanol–water partition coefficient (Wildman–Crippen LogP) is 2.73. The Morgan fingerprint density at radius 1 is 1.15 bits per heavy atom. The van der Waals surface area contributed by atoms with Gasteiger partial charge in [0.25, 0.3) is 5.91 Å². The molecule has 0 bridgehead atoms. The minimum atomic E-state index is -0.884. The fourth-order valence-electron chi connectivity index (χ4n) is 5.27. The molecule has 8 nitrogen and oxygen atoms in total. The minimum Gasteiger partial charge on any atom is -0.343 e. The Bertz CT molecular complexity index is 1010. The SMILES string of the molecule is Cc1cc(C)n(CCC(=O)N2CCC(C3(CCCc4ccccc4)NC(=O)NC3=O)CC2)n1. The van der Waals surface area contributed by atoms with Crippen LogP contribution >= 0.6 is 0 Å². The van der Waals surface area contributed by atoms with Crippen molar-refractivity contribution in [1.82, 2.24) is 25.3 Å². The van der Waals surface area contributed by atoms with E-state index in [0.717, 1.165) is 24.2 Å². The molecule has 4 amide bonds. The molecule has 2 aliphatic heterocycles. The lowest BCUT2D eigenvalue weighted by atomic mass is 9.74. The predicted molar refractivity (Wildman–Crippen MR) is 124 cm³/mol. The lowest BCUT2D eigenvalue weighted by Crippen LogP contribution is -2.56. The third kappa shape index (κ3) is 5.10. The molecule has 0 radical (unpaired) electrons. The lowest BCUT2D eigenvalue weighted by molar-refractivity contribution is -0.134. The molecule has 1 aromatic heterocycles. The van der Waals surface area contributed by atoms with Crippen LogP contribution in [0.4, 0.5) is 4.79 Å². The highest BCUT2D eigenvalue weighted by molar-refractivity contribution is 6.07. The number of imide groups is 1. The number of rotatable bonds is 8. The molecule has 3 heterocycles. The van der Waals surface area contributed by atoms with Gasteiger partial charge >= 0.3 is 6.03 Å². The van der Waals surface area contributed by atoms with Crippen LogP contribution in [-0.4, -0.2) is 51.2 Å². The zero-order valence-corrected chi connectivity index (χ0v) is 19.5. The van der Waals surface area contributed by atoms with Crippen LogP contribution in [-0.2, 0) is 22.6 Å². The van der Waals surface area contributed by atoms with Crippen LogP contribution in [0, 0.1) is 19.8 Å². The largest absolute Gasteiger partial charge is 0.343 e. The summed E-state index contributed by atoms with van der Waals surface area (Å²) < 4.78 is 1.88. The summed E-state index contributed by atoms with van der Waals surface area (Å²) in [6.07, 6.45) is 4.06. The second-order valence-electron chi connectivity index (χ2n) is 9.27. The van der Waals surface area contributed by atoms with Crippen molar-refractivity contribution >= 4 is 17.8 Å². The Morgan fingerprint density at radius 2 is 1.88 bits per heavy atom. The number of amides is 4. The molecule has 2 fully saturated rings. The Hall–Kier alpha value is -3.16. The fraction of sp³-hybridized carbons (Fsp3) is 0.520. The molecule has 1 aromatic carbocycles. The molecule has 1 unspecified atom stereocenters. The normalized spacial score (nSPS) is 21.2. The van der Waals surface area contributed by atoms with Gasteiger partial charge in [-0.1, -0.05) is 30.3 Å². The van der Waals surface area contributed by atoms with E-state index < -0.39 is 11.6 Å². The summed E-state index contributed by atoms with van der Waals surface area (Å²) in [7, 11) is 0. The van der Waals surface area contributed by atoms with Crippen molar-refractivity contribution in [3.05, 3.63) is 53.3 Å². The maximum atomic E-state index is 12.9. The number of carbonyl (C=O) groups excluding carboxylic acids is 3. The average Bonchev–Trinajstić information content (AvgIpc) is 3.29. The number of carbonyl (C=O) groups is 3. The summed E-state index contributed by atoms with van der Waals surface area (Å²) in [5.74, 6) is -0.103. The topological polar surface area (TPSA) is 96.3 Å².